The molecule has 7 nitrogen and oxygen atoms in total. The van der Waals surface area contributed by atoms with E-state index in [9.17, 15) is 18.0 Å². The van der Waals surface area contributed by atoms with Crippen molar-refractivity contribution in [2.75, 3.05) is 26.7 Å². The molecule has 0 saturated carbocycles. The maximum atomic E-state index is 13.4. The third kappa shape index (κ3) is 6.11. The van der Waals surface area contributed by atoms with Crippen LogP contribution in [0.4, 0.5) is 0 Å². The third-order valence-corrected chi connectivity index (χ3v) is 9.00. The molecule has 0 atom stereocenters. The monoisotopic (exact) mass is 498 g/mol. The molecule has 2 aromatic rings. The van der Waals surface area contributed by atoms with E-state index in [-0.39, 0.29) is 30.8 Å². The lowest BCUT2D eigenvalue weighted by Gasteiger charge is -2.34. The molecule has 1 fully saturated rings. The average molecular weight is 499 g/mol. The molecule has 35 heavy (non-hydrogen) atoms. The second-order valence-corrected chi connectivity index (χ2v) is 11.3. The number of sulfonamides is 1. The van der Waals surface area contributed by atoms with Gasteiger partial charge in [0.2, 0.25) is 15.9 Å². The molecule has 0 radical (unpaired) electrons. The molecule has 0 unspecified atom stereocenters. The molecule has 4 rings (SSSR count). The standard InChI is InChI=1S/C27H34N2O5S/c1-34-26(30)15-16-28(20-21-7-3-2-4-8-21)27(31)23-13-17-29(18-14-23)35(32,33)25-12-11-22-9-5-6-10-24(22)19-25/h2-4,7-8,11-12,19,23H,5-6,9-10,13-18,20H2,1H3. The highest BCUT2D eigenvalue weighted by atomic mass is 32.2. The van der Waals surface area contributed by atoms with Crippen LogP contribution in [0.2, 0.25) is 0 Å². The number of carbonyl (C=O) groups excluding carboxylic acids is 2. The summed E-state index contributed by atoms with van der Waals surface area (Å²) in [5.41, 5.74) is 3.38. The predicted octanol–water partition coefficient (Wildman–Crippen LogP) is 3.56. The lowest BCUT2D eigenvalue weighted by Crippen LogP contribution is -2.44. The van der Waals surface area contributed by atoms with Gasteiger partial charge in [0.25, 0.3) is 0 Å². The van der Waals surface area contributed by atoms with E-state index < -0.39 is 10.0 Å². The van der Waals surface area contributed by atoms with Crippen molar-refractivity contribution in [3.8, 4) is 0 Å². The van der Waals surface area contributed by atoms with Gasteiger partial charge in [0, 0.05) is 32.1 Å². The number of rotatable bonds is 8. The number of hydrogen-bond donors (Lipinski definition) is 0. The lowest BCUT2D eigenvalue weighted by molar-refractivity contribution is -0.143. The van der Waals surface area contributed by atoms with Crippen molar-refractivity contribution in [1.29, 1.82) is 0 Å². The molecule has 1 aliphatic carbocycles. The lowest BCUT2D eigenvalue weighted by atomic mass is 9.92. The fourth-order valence-corrected chi connectivity index (χ4v) is 6.54. The van der Waals surface area contributed by atoms with Crippen molar-refractivity contribution in [3.63, 3.8) is 0 Å². The van der Waals surface area contributed by atoms with Crippen LogP contribution in [0.3, 0.4) is 0 Å². The zero-order valence-electron chi connectivity index (χ0n) is 20.3. The second-order valence-electron chi connectivity index (χ2n) is 9.39. The summed E-state index contributed by atoms with van der Waals surface area (Å²) < 4.78 is 32.9. The van der Waals surface area contributed by atoms with Crippen LogP contribution >= 0.6 is 0 Å². The predicted molar refractivity (Wildman–Crippen MR) is 133 cm³/mol. The molecule has 8 heteroatoms. The molecule has 0 N–H and O–H groups in total. The van der Waals surface area contributed by atoms with E-state index in [2.05, 4.69) is 0 Å². The Morgan fingerprint density at radius 2 is 1.69 bits per heavy atom. The molecule has 0 bridgehead atoms. The highest BCUT2D eigenvalue weighted by Gasteiger charge is 2.34. The van der Waals surface area contributed by atoms with Crippen LogP contribution in [-0.4, -0.2) is 56.2 Å². The number of benzene rings is 2. The molecular formula is C27H34N2O5S. The Balaban J connectivity index is 1.41. The van der Waals surface area contributed by atoms with Gasteiger partial charge in [0.15, 0.2) is 0 Å². The van der Waals surface area contributed by atoms with Gasteiger partial charge in [0.1, 0.15) is 0 Å². The van der Waals surface area contributed by atoms with Gasteiger partial charge in [-0.2, -0.15) is 4.31 Å². The van der Waals surface area contributed by atoms with Crippen molar-refractivity contribution in [2.24, 2.45) is 5.92 Å². The number of nitrogens with zero attached hydrogens (tertiary/aromatic N) is 2. The molecule has 2 aromatic carbocycles. The number of fused-ring (bicyclic) bond motifs is 1. The molecule has 0 aromatic heterocycles. The van der Waals surface area contributed by atoms with Crippen LogP contribution in [0.25, 0.3) is 0 Å². The van der Waals surface area contributed by atoms with Gasteiger partial charge in [0.05, 0.1) is 18.4 Å². The topological polar surface area (TPSA) is 84.0 Å². The zero-order valence-corrected chi connectivity index (χ0v) is 21.1. The molecule has 1 amide bonds. The summed E-state index contributed by atoms with van der Waals surface area (Å²) in [6, 6.07) is 15.2. The van der Waals surface area contributed by atoms with Crippen molar-refractivity contribution >= 4 is 21.9 Å². The second kappa shape index (κ2) is 11.4. The summed E-state index contributed by atoms with van der Waals surface area (Å²) in [7, 11) is -2.25. The Hall–Kier alpha value is -2.71. The number of amides is 1. The fourth-order valence-electron chi connectivity index (χ4n) is 5.02. The quantitative estimate of drug-likeness (QED) is 0.520. The van der Waals surface area contributed by atoms with E-state index in [1.165, 1.54) is 17.0 Å². The average Bonchev–Trinajstić information content (AvgIpc) is 2.90. The fraction of sp³-hybridized carbons (Fsp3) is 0.481. The third-order valence-electron chi connectivity index (χ3n) is 7.10. The first-order valence-electron chi connectivity index (χ1n) is 12.4. The molecule has 1 heterocycles. The van der Waals surface area contributed by atoms with Crippen molar-refractivity contribution in [2.45, 2.75) is 56.4 Å². The van der Waals surface area contributed by atoms with Gasteiger partial charge in [-0.05, 0) is 67.3 Å². The first-order valence-corrected chi connectivity index (χ1v) is 13.8. The van der Waals surface area contributed by atoms with Gasteiger partial charge >= 0.3 is 5.97 Å². The minimum absolute atomic E-state index is 0.0383. The summed E-state index contributed by atoms with van der Waals surface area (Å²) in [6.07, 6.45) is 5.25. The maximum absolute atomic E-state index is 13.4. The molecule has 2 aliphatic rings. The molecule has 0 spiro atoms. The summed E-state index contributed by atoms with van der Waals surface area (Å²) >= 11 is 0. The first-order chi connectivity index (χ1) is 16.9. The minimum atomic E-state index is -3.59. The van der Waals surface area contributed by atoms with Gasteiger partial charge in [-0.25, -0.2) is 8.42 Å². The number of esters is 1. The van der Waals surface area contributed by atoms with Gasteiger partial charge < -0.3 is 9.64 Å². The number of ether oxygens (including phenoxy) is 1. The molecule has 1 aliphatic heterocycles. The molecule has 1 saturated heterocycles. The zero-order chi connectivity index (χ0) is 24.8. The Morgan fingerprint density at radius 1 is 1.00 bits per heavy atom. The van der Waals surface area contributed by atoms with E-state index in [0.29, 0.717) is 37.4 Å². The van der Waals surface area contributed by atoms with Crippen LogP contribution in [0.15, 0.2) is 53.4 Å². The van der Waals surface area contributed by atoms with Crippen molar-refractivity contribution in [3.05, 3.63) is 65.2 Å². The van der Waals surface area contributed by atoms with E-state index in [1.54, 1.807) is 11.0 Å². The first kappa shape index (κ1) is 25.4. The number of aryl methyl sites for hydroxylation is 2. The minimum Gasteiger partial charge on any atom is -0.469 e. The van der Waals surface area contributed by atoms with E-state index in [1.807, 2.05) is 42.5 Å². The van der Waals surface area contributed by atoms with E-state index in [0.717, 1.165) is 36.8 Å². The number of hydrogen-bond acceptors (Lipinski definition) is 5. The summed E-state index contributed by atoms with van der Waals surface area (Å²) in [5.74, 6) is -0.670. The number of methoxy groups -OCH3 is 1. The molecule has 188 valence electrons. The highest BCUT2D eigenvalue weighted by molar-refractivity contribution is 7.89. The van der Waals surface area contributed by atoms with Gasteiger partial charge in [-0.15, -0.1) is 0 Å². The summed E-state index contributed by atoms with van der Waals surface area (Å²) in [6.45, 7) is 1.30. The van der Waals surface area contributed by atoms with Crippen molar-refractivity contribution in [1.82, 2.24) is 9.21 Å². The van der Waals surface area contributed by atoms with Crippen LogP contribution in [0.1, 0.15) is 48.8 Å². The summed E-state index contributed by atoms with van der Waals surface area (Å²) in [5, 5.41) is 0. The maximum Gasteiger partial charge on any atom is 0.307 e. The smallest absolute Gasteiger partial charge is 0.307 e. The van der Waals surface area contributed by atoms with Gasteiger partial charge in [-0.1, -0.05) is 36.4 Å². The SMILES string of the molecule is COC(=O)CCN(Cc1ccccc1)C(=O)C1CCN(S(=O)(=O)c2ccc3c(c2)CCCC3)CC1. The molecular weight excluding hydrogens is 464 g/mol. The Labute approximate surface area is 208 Å². The van der Waals surface area contributed by atoms with Gasteiger partial charge in [-0.3, -0.25) is 9.59 Å². The van der Waals surface area contributed by atoms with Crippen LogP contribution in [0.5, 0.6) is 0 Å². The Bertz CT molecular complexity index is 1140. The van der Waals surface area contributed by atoms with Crippen LogP contribution in [0, 0.1) is 5.92 Å². The van der Waals surface area contributed by atoms with E-state index >= 15 is 0 Å². The largest absolute Gasteiger partial charge is 0.469 e. The van der Waals surface area contributed by atoms with E-state index in [4.69, 9.17) is 4.74 Å². The Kier molecular flexibility index (Phi) is 8.23. The number of carbonyl (C=O) groups is 2. The normalized spacial score (nSPS) is 16.9. The highest BCUT2D eigenvalue weighted by Crippen LogP contribution is 2.29. The van der Waals surface area contributed by atoms with Crippen molar-refractivity contribution < 1.29 is 22.7 Å². The number of piperidine rings is 1. The summed E-state index contributed by atoms with van der Waals surface area (Å²) in [4.78, 5) is 27.2. The van der Waals surface area contributed by atoms with Crippen LogP contribution < -0.4 is 0 Å². The van der Waals surface area contributed by atoms with Crippen LogP contribution in [-0.2, 0) is 43.7 Å². The Morgan fingerprint density at radius 3 is 2.37 bits per heavy atom.